The van der Waals surface area contributed by atoms with E-state index in [2.05, 4.69) is 0 Å². The van der Waals surface area contributed by atoms with Gasteiger partial charge in [0.15, 0.2) is 12.4 Å². The summed E-state index contributed by atoms with van der Waals surface area (Å²) in [6, 6.07) is 0. The van der Waals surface area contributed by atoms with Crippen LogP contribution < -0.4 is 11.5 Å². The largest absolute Gasteiger partial charge is 0.387 e. The maximum Gasteiger partial charge on any atom is 0.249 e. The van der Waals surface area contributed by atoms with Crippen molar-refractivity contribution in [1.29, 1.82) is 0 Å². The van der Waals surface area contributed by atoms with Gasteiger partial charge in [-0.3, -0.25) is 9.59 Å². The molecule has 0 saturated carbocycles. The molecule has 6 atom stereocenters. The van der Waals surface area contributed by atoms with Crippen LogP contribution in [0.2, 0.25) is 0 Å². The Balaban J connectivity index is 2.82. The SMILES string of the molecule is CCC(OC1OC(C(N)=O)[C@H](O)C(O)[C@@H]1O)C(N)=O. The average molecular weight is 278 g/mol. The Morgan fingerprint density at radius 3 is 2.21 bits per heavy atom. The third-order valence-corrected chi connectivity index (χ3v) is 2.84. The Kier molecular flexibility index (Phi) is 5.20. The quantitative estimate of drug-likeness (QED) is 0.349. The lowest BCUT2D eigenvalue weighted by atomic mass is 9.98. The van der Waals surface area contributed by atoms with Crippen molar-refractivity contribution < 1.29 is 34.4 Å². The lowest BCUT2D eigenvalue weighted by Gasteiger charge is -2.39. The summed E-state index contributed by atoms with van der Waals surface area (Å²) in [6.07, 6.45) is -8.90. The molecule has 1 heterocycles. The molecule has 9 heteroatoms. The summed E-state index contributed by atoms with van der Waals surface area (Å²) in [5.41, 5.74) is 10.0. The molecule has 0 aromatic carbocycles. The van der Waals surface area contributed by atoms with Crippen molar-refractivity contribution in [2.75, 3.05) is 0 Å². The number of carbonyl (C=O) groups excluding carboxylic acids is 2. The molecule has 7 N–H and O–H groups in total. The van der Waals surface area contributed by atoms with E-state index in [0.29, 0.717) is 0 Å². The van der Waals surface area contributed by atoms with Gasteiger partial charge in [-0.05, 0) is 6.42 Å². The van der Waals surface area contributed by atoms with Crippen molar-refractivity contribution in [2.45, 2.75) is 50.2 Å². The van der Waals surface area contributed by atoms with E-state index in [1.807, 2.05) is 0 Å². The van der Waals surface area contributed by atoms with E-state index in [1.165, 1.54) is 0 Å². The zero-order chi connectivity index (χ0) is 14.7. The number of nitrogens with two attached hydrogens (primary N) is 2. The number of hydrogen-bond acceptors (Lipinski definition) is 7. The minimum atomic E-state index is -1.69. The summed E-state index contributed by atoms with van der Waals surface area (Å²) >= 11 is 0. The number of aliphatic hydroxyl groups excluding tert-OH is 3. The minimum Gasteiger partial charge on any atom is -0.387 e. The summed E-state index contributed by atoms with van der Waals surface area (Å²) in [7, 11) is 0. The summed E-state index contributed by atoms with van der Waals surface area (Å²) in [6.45, 7) is 1.61. The second kappa shape index (κ2) is 6.26. The molecule has 2 amide bonds. The highest BCUT2D eigenvalue weighted by molar-refractivity contribution is 5.80. The van der Waals surface area contributed by atoms with Gasteiger partial charge in [-0.1, -0.05) is 6.92 Å². The maximum absolute atomic E-state index is 11.0. The van der Waals surface area contributed by atoms with Crippen LogP contribution in [0.15, 0.2) is 0 Å². The third-order valence-electron chi connectivity index (χ3n) is 2.84. The molecule has 4 unspecified atom stereocenters. The van der Waals surface area contributed by atoms with Gasteiger partial charge in [0, 0.05) is 0 Å². The first-order valence-corrected chi connectivity index (χ1v) is 5.73. The van der Waals surface area contributed by atoms with Gasteiger partial charge in [0.2, 0.25) is 11.8 Å². The second-order valence-corrected chi connectivity index (χ2v) is 4.23. The van der Waals surface area contributed by atoms with Crippen molar-refractivity contribution in [3.05, 3.63) is 0 Å². The van der Waals surface area contributed by atoms with Gasteiger partial charge < -0.3 is 36.3 Å². The van der Waals surface area contributed by atoms with Gasteiger partial charge in [-0.2, -0.15) is 0 Å². The molecule has 110 valence electrons. The standard InChI is InChI=1S/C10H18N2O7/c1-2-3(8(11)16)18-10-6(15)4(13)5(14)7(19-10)9(12)17/h3-7,10,13-15H,2H2,1H3,(H2,11,16)(H2,12,17)/t3?,4?,5-,6+,7?,10?/m1/s1. The molecule has 0 bridgehead atoms. The normalized spacial score (nSPS) is 36.7. The van der Waals surface area contributed by atoms with Crippen LogP contribution in [0.4, 0.5) is 0 Å². The van der Waals surface area contributed by atoms with Crippen LogP contribution in [0.3, 0.4) is 0 Å². The van der Waals surface area contributed by atoms with Crippen LogP contribution in [0.5, 0.6) is 0 Å². The molecule has 0 aromatic rings. The molecule has 1 saturated heterocycles. The highest BCUT2D eigenvalue weighted by Gasteiger charge is 2.47. The first-order chi connectivity index (χ1) is 8.79. The van der Waals surface area contributed by atoms with Crippen LogP contribution >= 0.6 is 0 Å². The Morgan fingerprint density at radius 1 is 1.21 bits per heavy atom. The Labute approximate surface area is 109 Å². The molecule has 19 heavy (non-hydrogen) atoms. The summed E-state index contributed by atoms with van der Waals surface area (Å²) in [5.74, 6) is -1.81. The van der Waals surface area contributed by atoms with Crippen molar-refractivity contribution >= 4 is 11.8 Å². The summed E-state index contributed by atoms with van der Waals surface area (Å²) in [4.78, 5) is 22.1. The van der Waals surface area contributed by atoms with Gasteiger partial charge in [0.25, 0.3) is 0 Å². The number of carbonyl (C=O) groups is 2. The Hall–Kier alpha value is -1.26. The molecule has 0 aliphatic carbocycles. The molecular formula is C10H18N2O7. The molecule has 0 radical (unpaired) electrons. The Bertz CT molecular complexity index is 349. The molecule has 1 fully saturated rings. The molecule has 0 aromatic heterocycles. The van der Waals surface area contributed by atoms with Crippen LogP contribution in [0.25, 0.3) is 0 Å². The topological polar surface area (TPSA) is 165 Å². The Morgan fingerprint density at radius 2 is 1.79 bits per heavy atom. The summed E-state index contributed by atoms with van der Waals surface area (Å²) in [5, 5.41) is 28.8. The lowest BCUT2D eigenvalue weighted by molar-refractivity contribution is -0.298. The van der Waals surface area contributed by atoms with Gasteiger partial charge in [0.1, 0.15) is 24.4 Å². The zero-order valence-electron chi connectivity index (χ0n) is 10.3. The maximum atomic E-state index is 11.0. The van der Waals surface area contributed by atoms with Gasteiger partial charge in [-0.15, -0.1) is 0 Å². The fourth-order valence-electron chi connectivity index (χ4n) is 1.72. The first-order valence-electron chi connectivity index (χ1n) is 5.73. The van der Waals surface area contributed by atoms with E-state index in [0.717, 1.165) is 0 Å². The molecular weight excluding hydrogens is 260 g/mol. The van der Waals surface area contributed by atoms with Gasteiger partial charge >= 0.3 is 0 Å². The molecule has 1 aliphatic rings. The van der Waals surface area contributed by atoms with Crippen LogP contribution in [0, 0.1) is 0 Å². The van der Waals surface area contributed by atoms with Crippen LogP contribution in [0.1, 0.15) is 13.3 Å². The van der Waals surface area contributed by atoms with E-state index in [1.54, 1.807) is 6.92 Å². The predicted octanol–water partition coefficient (Wildman–Crippen LogP) is -3.44. The van der Waals surface area contributed by atoms with E-state index < -0.39 is 48.6 Å². The number of amides is 2. The zero-order valence-corrected chi connectivity index (χ0v) is 10.3. The van der Waals surface area contributed by atoms with Crippen LogP contribution in [-0.2, 0) is 19.1 Å². The summed E-state index contributed by atoms with van der Waals surface area (Å²) < 4.78 is 10.0. The monoisotopic (exact) mass is 278 g/mol. The number of aliphatic hydroxyl groups is 3. The number of hydrogen-bond donors (Lipinski definition) is 5. The van der Waals surface area contributed by atoms with E-state index >= 15 is 0 Å². The highest BCUT2D eigenvalue weighted by atomic mass is 16.7. The molecule has 1 rings (SSSR count). The van der Waals surface area contributed by atoms with Crippen molar-refractivity contribution in [1.82, 2.24) is 0 Å². The smallest absolute Gasteiger partial charge is 0.249 e. The second-order valence-electron chi connectivity index (χ2n) is 4.23. The van der Waals surface area contributed by atoms with Crippen molar-refractivity contribution in [3.63, 3.8) is 0 Å². The minimum absolute atomic E-state index is 0.210. The third kappa shape index (κ3) is 3.39. The number of ether oxygens (including phenoxy) is 2. The van der Waals surface area contributed by atoms with E-state index in [4.69, 9.17) is 20.9 Å². The van der Waals surface area contributed by atoms with E-state index in [9.17, 15) is 24.9 Å². The van der Waals surface area contributed by atoms with E-state index in [-0.39, 0.29) is 6.42 Å². The molecule has 1 aliphatic heterocycles. The lowest BCUT2D eigenvalue weighted by Crippen LogP contribution is -2.62. The van der Waals surface area contributed by atoms with Gasteiger partial charge in [0.05, 0.1) is 0 Å². The predicted molar refractivity (Wildman–Crippen MR) is 60.2 cm³/mol. The molecule has 0 spiro atoms. The fraction of sp³-hybridized carbons (Fsp3) is 0.800. The highest BCUT2D eigenvalue weighted by Crippen LogP contribution is 2.23. The fourth-order valence-corrected chi connectivity index (χ4v) is 1.72. The van der Waals surface area contributed by atoms with Gasteiger partial charge in [-0.25, -0.2) is 0 Å². The van der Waals surface area contributed by atoms with Crippen molar-refractivity contribution in [2.24, 2.45) is 11.5 Å². The van der Waals surface area contributed by atoms with Crippen molar-refractivity contribution in [3.8, 4) is 0 Å². The average Bonchev–Trinajstić information content (AvgIpc) is 2.34. The number of rotatable bonds is 5. The van der Waals surface area contributed by atoms with Crippen LogP contribution in [-0.4, -0.2) is 63.9 Å². The first kappa shape index (κ1) is 15.8. The molecule has 9 nitrogen and oxygen atoms in total. The number of primary amides is 2.